The van der Waals surface area contributed by atoms with Gasteiger partial charge in [-0.25, -0.2) is 0 Å². The predicted octanol–water partition coefficient (Wildman–Crippen LogP) is 2.11. The topological polar surface area (TPSA) is 54.0 Å². The third-order valence-electron chi connectivity index (χ3n) is 4.08. The Labute approximate surface area is 121 Å². The summed E-state index contributed by atoms with van der Waals surface area (Å²) in [6.45, 7) is 4.70. The predicted molar refractivity (Wildman–Crippen MR) is 80.1 cm³/mol. The molecule has 1 aromatic rings. The van der Waals surface area contributed by atoms with Gasteiger partial charge in [-0.05, 0) is 43.4 Å². The average molecular weight is 275 g/mol. The third kappa shape index (κ3) is 4.60. The van der Waals surface area contributed by atoms with Crippen LogP contribution in [-0.2, 0) is 11.3 Å². The maximum Gasteiger partial charge on any atom is 0.223 e. The Balaban J connectivity index is 1.52. The first-order valence-electron chi connectivity index (χ1n) is 7.64. The molecule has 110 valence electrons. The maximum atomic E-state index is 12.0. The molecule has 0 aromatic carbocycles. The Morgan fingerprint density at radius 3 is 3.00 bits per heavy atom. The Morgan fingerprint density at radius 1 is 1.40 bits per heavy atom. The minimum atomic E-state index is 0.248. The summed E-state index contributed by atoms with van der Waals surface area (Å²) in [5.41, 5.74) is 1.19. The van der Waals surface area contributed by atoms with Crippen molar-refractivity contribution in [3.05, 3.63) is 30.1 Å². The van der Waals surface area contributed by atoms with Crippen molar-refractivity contribution < 1.29 is 4.79 Å². The van der Waals surface area contributed by atoms with Crippen LogP contribution in [-0.4, -0.2) is 24.0 Å². The number of nitrogens with zero attached hydrogens (tertiary/aromatic N) is 1. The first-order valence-corrected chi connectivity index (χ1v) is 7.64. The van der Waals surface area contributed by atoms with Gasteiger partial charge in [-0.3, -0.25) is 9.78 Å². The molecule has 1 aromatic heterocycles. The van der Waals surface area contributed by atoms with Gasteiger partial charge in [0.15, 0.2) is 0 Å². The number of carbonyl (C=O) groups excluding carboxylic acids is 1. The number of carbonyl (C=O) groups is 1. The lowest BCUT2D eigenvalue weighted by molar-refractivity contribution is -0.125. The van der Waals surface area contributed by atoms with Gasteiger partial charge in [0.2, 0.25) is 5.91 Å². The summed E-state index contributed by atoms with van der Waals surface area (Å²) in [7, 11) is 0. The zero-order chi connectivity index (χ0) is 14.2. The Bertz CT molecular complexity index is 407. The van der Waals surface area contributed by atoms with Gasteiger partial charge in [0, 0.05) is 31.4 Å². The minimum absolute atomic E-state index is 0.248. The Morgan fingerprint density at radius 2 is 2.30 bits per heavy atom. The van der Waals surface area contributed by atoms with Gasteiger partial charge in [-0.15, -0.1) is 0 Å². The van der Waals surface area contributed by atoms with Gasteiger partial charge < -0.3 is 10.6 Å². The highest BCUT2D eigenvalue weighted by Crippen LogP contribution is 2.30. The number of rotatable bonds is 7. The van der Waals surface area contributed by atoms with Crippen LogP contribution in [0.25, 0.3) is 0 Å². The summed E-state index contributed by atoms with van der Waals surface area (Å²) in [5.74, 6) is 1.05. The molecule has 0 saturated heterocycles. The van der Waals surface area contributed by atoms with Crippen molar-refractivity contribution in [3.63, 3.8) is 0 Å². The fourth-order valence-corrected chi connectivity index (χ4v) is 2.83. The third-order valence-corrected chi connectivity index (χ3v) is 4.08. The molecule has 20 heavy (non-hydrogen) atoms. The standard InChI is InChI=1S/C16H25N3O/c1-13-5-2-7-15(13)16(20)19-10-4-9-18-12-14-6-3-8-17-11-14/h3,6,8,11,13,15,18H,2,4-5,7,9-10,12H2,1H3,(H,19,20). The van der Waals surface area contributed by atoms with Crippen molar-refractivity contribution >= 4 is 5.91 Å². The summed E-state index contributed by atoms with van der Waals surface area (Å²) in [6.07, 6.45) is 8.08. The van der Waals surface area contributed by atoms with Gasteiger partial charge in [-0.1, -0.05) is 19.4 Å². The number of hydrogen-bond acceptors (Lipinski definition) is 3. The highest BCUT2D eigenvalue weighted by molar-refractivity contribution is 5.79. The summed E-state index contributed by atoms with van der Waals surface area (Å²) >= 11 is 0. The highest BCUT2D eigenvalue weighted by Gasteiger charge is 2.29. The van der Waals surface area contributed by atoms with E-state index in [1.807, 2.05) is 12.3 Å². The van der Waals surface area contributed by atoms with Crippen LogP contribution in [0.5, 0.6) is 0 Å². The van der Waals surface area contributed by atoms with Gasteiger partial charge in [-0.2, -0.15) is 0 Å². The van der Waals surface area contributed by atoms with Crippen molar-refractivity contribution in [1.29, 1.82) is 0 Å². The number of amides is 1. The van der Waals surface area contributed by atoms with Crippen LogP contribution in [0.4, 0.5) is 0 Å². The quantitative estimate of drug-likeness (QED) is 0.749. The van der Waals surface area contributed by atoms with E-state index in [1.54, 1.807) is 6.20 Å². The zero-order valence-electron chi connectivity index (χ0n) is 12.3. The molecule has 2 N–H and O–H groups in total. The second-order valence-electron chi connectivity index (χ2n) is 5.70. The van der Waals surface area contributed by atoms with E-state index >= 15 is 0 Å². The van der Waals surface area contributed by atoms with Gasteiger partial charge in [0.05, 0.1) is 0 Å². The fraction of sp³-hybridized carbons (Fsp3) is 0.625. The van der Waals surface area contributed by atoms with E-state index in [0.29, 0.717) is 5.92 Å². The molecule has 0 bridgehead atoms. The second-order valence-corrected chi connectivity index (χ2v) is 5.70. The second kappa shape index (κ2) is 8.00. The summed E-state index contributed by atoms with van der Waals surface area (Å²) in [4.78, 5) is 16.0. The molecule has 1 fully saturated rings. The normalized spacial score (nSPS) is 21.9. The molecule has 2 atom stereocenters. The molecule has 4 nitrogen and oxygen atoms in total. The number of nitrogens with one attached hydrogen (secondary N) is 2. The maximum absolute atomic E-state index is 12.0. The van der Waals surface area contributed by atoms with E-state index in [1.165, 1.54) is 18.4 Å². The van der Waals surface area contributed by atoms with E-state index in [4.69, 9.17) is 0 Å². The average Bonchev–Trinajstić information content (AvgIpc) is 2.90. The molecule has 2 rings (SSSR count). The van der Waals surface area contributed by atoms with Crippen LogP contribution in [0.1, 0.15) is 38.2 Å². The van der Waals surface area contributed by atoms with Gasteiger partial charge in [0.25, 0.3) is 0 Å². The number of pyridine rings is 1. The van der Waals surface area contributed by atoms with Gasteiger partial charge >= 0.3 is 0 Å². The summed E-state index contributed by atoms with van der Waals surface area (Å²) in [5, 5.41) is 6.42. The Hall–Kier alpha value is -1.42. The van der Waals surface area contributed by atoms with E-state index in [9.17, 15) is 4.79 Å². The molecule has 1 amide bonds. The lowest BCUT2D eigenvalue weighted by atomic mass is 9.97. The van der Waals surface area contributed by atoms with E-state index < -0.39 is 0 Å². The molecule has 2 unspecified atom stereocenters. The van der Waals surface area contributed by atoms with E-state index in [-0.39, 0.29) is 11.8 Å². The molecule has 0 radical (unpaired) electrons. The smallest absolute Gasteiger partial charge is 0.223 e. The molecule has 0 aliphatic heterocycles. The number of hydrogen-bond donors (Lipinski definition) is 2. The highest BCUT2D eigenvalue weighted by atomic mass is 16.1. The molecular weight excluding hydrogens is 250 g/mol. The van der Waals surface area contributed by atoms with Crippen molar-refractivity contribution in [2.45, 2.75) is 39.2 Å². The van der Waals surface area contributed by atoms with Crippen molar-refractivity contribution in [2.24, 2.45) is 11.8 Å². The lowest BCUT2D eigenvalue weighted by Crippen LogP contribution is -2.33. The molecule has 1 heterocycles. The monoisotopic (exact) mass is 275 g/mol. The van der Waals surface area contributed by atoms with Crippen LogP contribution >= 0.6 is 0 Å². The molecule has 1 saturated carbocycles. The van der Waals surface area contributed by atoms with Crippen LogP contribution in [0.2, 0.25) is 0 Å². The largest absolute Gasteiger partial charge is 0.356 e. The first kappa shape index (κ1) is 15.0. The minimum Gasteiger partial charge on any atom is -0.356 e. The zero-order valence-corrected chi connectivity index (χ0v) is 12.3. The van der Waals surface area contributed by atoms with Crippen LogP contribution in [0.3, 0.4) is 0 Å². The molecular formula is C16H25N3O. The first-order chi connectivity index (χ1) is 9.77. The molecule has 1 aliphatic rings. The molecule has 1 aliphatic carbocycles. The fourth-order valence-electron chi connectivity index (χ4n) is 2.83. The van der Waals surface area contributed by atoms with Gasteiger partial charge in [0.1, 0.15) is 0 Å². The van der Waals surface area contributed by atoms with Crippen molar-refractivity contribution in [3.8, 4) is 0 Å². The molecule has 4 heteroatoms. The van der Waals surface area contributed by atoms with Crippen LogP contribution < -0.4 is 10.6 Å². The Kier molecular flexibility index (Phi) is 5.99. The number of aromatic nitrogens is 1. The van der Waals surface area contributed by atoms with Crippen LogP contribution in [0, 0.1) is 11.8 Å². The SMILES string of the molecule is CC1CCCC1C(=O)NCCCNCc1cccnc1. The van der Waals surface area contributed by atoms with Crippen LogP contribution in [0.15, 0.2) is 24.5 Å². The van der Waals surface area contributed by atoms with E-state index in [2.05, 4.69) is 28.6 Å². The summed E-state index contributed by atoms with van der Waals surface area (Å²) in [6, 6.07) is 4.00. The van der Waals surface area contributed by atoms with E-state index in [0.717, 1.165) is 32.5 Å². The lowest BCUT2D eigenvalue weighted by Gasteiger charge is -2.15. The summed E-state index contributed by atoms with van der Waals surface area (Å²) < 4.78 is 0. The van der Waals surface area contributed by atoms with Crippen molar-refractivity contribution in [2.75, 3.05) is 13.1 Å². The van der Waals surface area contributed by atoms with Crippen molar-refractivity contribution in [1.82, 2.24) is 15.6 Å². The molecule has 0 spiro atoms.